The highest BCUT2D eigenvalue weighted by Gasteiger charge is 2.29. The van der Waals surface area contributed by atoms with Gasteiger partial charge in [-0.3, -0.25) is 10.1 Å². The monoisotopic (exact) mass is 337 g/mol. The molecule has 7 heteroatoms. The number of nitrogens with zero attached hydrogens (tertiary/aromatic N) is 5. The molecule has 1 aliphatic heterocycles. The first kappa shape index (κ1) is 16.0. The van der Waals surface area contributed by atoms with Crippen molar-refractivity contribution in [3.8, 4) is 11.3 Å². The molecule has 0 amide bonds. The number of nitrogens with two attached hydrogens (primary N) is 1. The van der Waals surface area contributed by atoms with E-state index in [-0.39, 0.29) is 5.41 Å². The molecule has 130 valence electrons. The molecule has 0 saturated carbocycles. The summed E-state index contributed by atoms with van der Waals surface area (Å²) in [5, 5.41) is 7.44. The number of hydrogen-bond donors (Lipinski definition) is 2. The summed E-state index contributed by atoms with van der Waals surface area (Å²) >= 11 is 0. The third-order valence-corrected chi connectivity index (χ3v) is 5.32. The summed E-state index contributed by atoms with van der Waals surface area (Å²) in [4.78, 5) is 16.0. The van der Waals surface area contributed by atoms with Gasteiger partial charge in [0, 0.05) is 30.5 Å². The predicted octanol–water partition coefficient (Wildman–Crippen LogP) is 2.29. The zero-order valence-electron chi connectivity index (χ0n) is 14.7. The number of fused-ring (bicyclic) bond motifs is 1. The molecule has 0 bridgehead atoms. The standard InChI is InChI=1S/C18H23N7/c1-12-13(4-3-7-20-12)15-16-17(24-23-15)22-14(10-21-16)25-8-5-18(2,11-19)6-9-25/h3-4,7,10H,5-6,8-9,11,19H2,1-2H3,(H,22,23,24). The number of aryl methyl sites for hydroxylation is 1. The van der Waals surface area contributed by atoms with Gasteiger partial charge in [0.25, 0.3) is 0 Å². The molecule has 25 heavy (non-hydrogen) atoms. The average molecular weight is 337 g/mol. The van der Waals surface area contributed by atoms with Crippen LogP contribution in [0.15, 0.2) is 24.5 Å². The fourth-order valence-corrected chi connectivity index (χ4v) is 3.35. The Morgan fingerprint density at radius 1 is 1.28 bits per heavy atom. The van der Waals surface area contributed by atoms with Crippen molar-refractivity contribution in [2.24, 2.45) is 11.1 Å². The third-order valence-electron chi connectivity index (χ3n) is 5.32. The minimum absolute atomic E-state index is 0.241. The predicted molar refractivity (Wildman–Crippen MR) is 98.3 cm³/mol. The van der Waals surface area contributed by atoms with Gasteiger partial charge in [0.05, 0.1) is 11.9 Å². The Labute approximate surface area is 146 Å². The quantitative estimate of drug-likeness (QED) is 0.761. The summed E-state index contributed by atoms with van der Waals surface area (Å²) in [6.45, 7) is 6.87. The zero-order chi connectivity index (χ0) is 17.4. The van der Waals surface area contributed by atoms with Crippen LogP contribution in [-0.4, -0.2) is 44.8 Å². The number of H-pyrrole nitrogens is 1. The topological polar surface area (TPSA) is 96.6 Å². The van der Waals surface area contributed by atoms with Crippen molar-refractivity contribution in [2.75, 3.05) is 24.5 Å². The van der Waals surface area contributed by atoms with E-state index >= 15 is 0 Å². The van der Waals surface area contributed by atoms with E-state index in [1.165, 1.54) is 0 Å². The molecule has 0 atom stereocenters. The van der Waals surface area contributed by atoms with Crippen molar-refractivity contribution in [3.63, 3.8) is 0 Å². The Bertz CT molecular complexity index is 893. The van der Waals surface area contributed by atoms with Gasteiger partial charge in [-0.1, -0.05) is 6.92 Å². The molecule has 0 radical (unpaired) electrons. The summed E-state index contributed by atoms with van der Waals surface area (Å²) in [5.74, 6) is 0.882. The Hall–Kier alpha value is -2.54. The maximum Gasteiger partial charge on any atom is 0.202 e. The van der Waals surface area contributed by atoms with E-state index < -0.39 is 0 Å². The van der Waals surface area contributed by atoms with Gasteiger partial charge in [-0.15, -0.1) is 0 Å². The van der Waals surface area contributed by atoms with E-state index in [4.69, 9.17) is 10.7 Å². The summed E-state index contributed by atoms with van der Waals surface area (Å²) in [5.41, 5.74) is 10.4. The van der Waals surface area contributed by atoms with Crippen molar-refractivity contribution in [1.29, 1.82) is 0 Å². The minimum Gasteiger partial charge on any atom is -0.355 e. The highest BCUT2D eigenvalue weighted by Crippen LogP contribution is 2.32. The van der Waals surface area contributed by atoms with Crippen molar-refractivity contribution in [1.82, 2.24) is 25.1 Å². The number of hydrogen-bond acceptors (Lipinski definition) is 6. The van der Waals surface area contributed by atoms with Crippen LogP contribution < -0.4 is 10.6 Å². The number of nitrogens with one attached hydrogen (secondary N) is 1. The first-order chi connectivity index (χ1) is 12.1. The van der Waals surface area contributed by atoms with E-state index in [0.717, 1.165) is 60.8 Å². The molecule has 3 aromatic heterocycles. The summed E-state index contributed by atoms with van der Waals surface area (Å²) in [7, 11) is 0. The summed E-state index contributed by atoms with van der Waals surface area (Å²) in [6, 6.07) is 3.93. The van der Waals surface area contributed by atoms with Gasteiger partial charge in [-0.2, -0.15) is 5.10 Å². The molecule has 3 N–H and O–H groups in total. The Morgan fingerprint density at radius 3 is 2.80 bits per heavy atom. The summed E-state index contributed by atoms with van der Waals surface area (Å²) in [6.07, 6.45) is 5.78. The fourth-order valence-electron chi connectivity index (χ4n) is 3.35. The Morgan fingerprint density at radius 2 is 2.08 bits per heavy atom. The molecule has 1 aliphatic rings. The zero-order valence-corrected chi connectivity index (χ0v) is 14.7. The molecule has 1 saturated heterocycles. The van der Waals surface area contributed by atoms with Gasteiger partial charge >= 0.3 is 0 Å². The number of piperidine rings is 1. The Balaban J connectivity index is 1.64. The molecule has 0 unspecified atom stereocenters. The molecule has 4 heterocycles. The van der Waals surface area contributed by atoms with Gasteiger partial charge in [0.2, 0.25) is 5.65 Å². The SMILES string of the molecule is Cc1ncccc1-c1[nH]nc2nc(N3CCC(C)(CN)CC3)cnc12. The molecule has 7 nitrogen and oxygen atoms in total. The van der Waals surface area contributed by atoms with E-state index in [2.05, 4.69) is 32.0 Å². The molecule has 0 aliphatic carbocycles. The second-order valence-electron chi connectivity index (χ2n) is 7.14. The van der Waals surface area contributed by atoms with Gasteiger partial charge in [0.1, 0.15) is 11.3 Å². The average Bonchev–Trinajstić information content (AvgIpc) is 3.06. The Kier molecular flexibility index (Phi) is 3.88. The van der Waals surface area contributed by atoms with Gasteiger partial charge in [-0.25, -0.2) is 9.97 Å². The molecule has 0 spiro atoms. The maximum atomic E-state index is 5.90. The van der Waals surface area contributed by atoms with Gasteiger partial charge in [0.15, 0.2) is 0 Å². The summed E-state index contributed by atoms with van der Waals surface area (Å²) < 4.78 is 0. The van der Waals surface area contributed by atoms with Crippen LogP contribution in [0.25, 0.3) is 22.4 Å². The smallest absolute Gasteiger partial charge is 0.202 e. The number of aromatic nitrogens is 5. The van der Waals surface area contributed by atoms with Crippen LogP contribution in [0.4, 0.5) is 5.82 Å². The number of pyridine rings is 1. The number of anilines is 1. The fraction of sp³-hybridized carbons (Fsp3) is 0.444. The molecule has 1 fully saturated rings. The maximum absolute atomic E-state index is 5.90. The second kappa shape index (κ2) is 6.07. The minimum atomic E-state index is 0.241. The van der Waals surface area contributed by atoms with Crippen LogP contribution in [0.3, 0.4) is 0 Å². The third kappa shape index (κ3) is 2.84. The molecule has 0 aromatic carbocycles. The van der Waals surface area contributed by atoms with Crippen LogP contribution in [-0.2, 0) is 0 Å². The lowest BCUT2D eigenvalue weighted by Crippen LogP contribution is -2.42. The molecule has 3 aromatic rings. The van der Waals surface area contributed by atoms with Gasteiger partial charge in [-0.05, 0) is 43.9 Å². The van der Waals surface area contributed by atoms with Crippen LogP contribution in [0.5, 0.6) is 0 Å². The molecular weight excluding hydrogens is 314 g/mol. The van der Waals surface area contributed by atoms with Crippen molar-refractivity contribution < 1.29 is 0 Å². The van der Waals surface area contributed by atoms with Crippen LogP contribution in [0.1, 0.15) is 25.5 Å². The molecular formula is C18H23N7. The number of rotatable bonds is 3. The molecule has 4 rings (SSSR count). The van der Waals surface area contributed by atoms with Crippen molar-refractivity contribution >= 4 is 17.0 Å². The highest BCUT2D eigenvalue weighted by atomic mass is 15.2. The van der Waals surface area contributed by atoms with Crippen LogP contribution in [0.2, 0.25) is 0 Å². The van der Waals surface area contributed by atoms with Crippen LogP contribution >= 0.6 is 0 Å². The highest BCUT2D eigenvalue weighted by molar-refractivity contribution is 5.88. The van der Waals surface area contributed by atoms with E-state index in [1.807, 2.05) is 25.3 Å². The lowest BCUT2D eigenvalue weighted by molar-refractivity contribution is 0.258. The van der Waals surface area contributed by atoms with Crippen molar-refractivity contribution in [3.05, 3.63) is 30.2 Å². The van der Waals surface area contributed by atoms with E-state index in [0.29, 0.717) is 5.65 Å². The lowest BCUT2D eigenvalue weighted by atomic mass is 9.80. The van der Waals surface area contributed by atoms with Crippen molar-refractivity contribution in [2.45, 2.75) is 26.7 Å². The second-order valence-corrected chi connectivity index (χ2v) is 7.14. The first-order valence-corrected chi connectivity index (χ1v) is 8.68. The normalized spacial score (nSPS) is 17.2. The largest absolute Gasteiger partial charge is 0.355 e. The first-order valence-electron chi connectivity index (χ1n) is 8.68. The van der Waals surface area contributed by atoms with Gasteiger partial charge < -0.3 is 10.6 Å². The lowest BCUT2D eigenvalue weighted by Gasteiger charge is -2.39. The van der Waals surface area contributed by atoms with Crippen LogP contribution in [0, 0.1) is 12.3 Å². The van der Waals surface area contributed by atoms with E-state index in [1.54, 1.807) is 6.20 Å². The number of aromatic amines is 1. The van der Waals surface area contributed by atoms with E-state index in [9.17, 15) is 0 Å².